The van der Waals surface area contributed by atoms with Crippen LogP contribution in [0.1, 0.15) is 15.9 Å². The maximum absolute atomic E-state index is 12.3. The molecule has 0 amide bonds. The van der Waals surface area contributed by atoms with E-state index in [-0.39, 0.29) is 0 Å². The Morgan fingerprint density at radius 1 is 1.33 bits per heavy atom. The third kappa shape index (κ3) is 4.20. The van der Waals surface area contributed by atoms with E-state index < -0.39 is 41.6 Å². The number of halogens is 5. The van der Waals surface area contributed by atoms with Gasteiger partial charge in [-0.25, -0.2) is 4.79 Å². The summed E-state index contributed by atoms with van der Waals surface area (Å²) in [5, 5.41) is 8.86. The van der Waals surface area contributed by atoms with Crippen LogP contribution in [0, 0.1) is 11.3 Å². The summed E-state index contributed by atoms with van der Waals surface area (Å²) in [7, 11) is 0.942. The Labute approximate surface area is 114 Å². The number of nitrogens with zero attached hydrogens (tertiary/aromatic N) is 1. The molecule has 0 saturated carbocycles. The van der Waals surface area contributed by atoms with Crippen molar-refractivity contribution in [2.75, 3.05) is 7.11 Å². The Morgan fingerprint density at radius 2 is 1.95 bits per heavy atom. The Morgan fingerprint density at radius 3 is 2.38 bits per heavy atom. The van der Waals surface area contributed by atoms with E-state index >= 15 is 0 Å². The summed E-state index contributed by atoms with van der Waals surface area (Å²) in [6.45, 7) is -3.53. The lowest BCUT2D eigenvalue weighted by Gasteiger charge is -2.16. The second kappa shape index (κ2) is 6.25. The van der Waals surface area contributed by atoms with Crippen molar-refractivity contribution in [3.8, 4) is 17.6 Å². The van der Waals surface area contributed by atoms with Crippen molar-refractivity contribution in [3.63, 3.8) is 0 Å². The van der Waals surface area contributed by atoms with E-state index in [1.54, 1.807) is 0 Å². The molecule has 0 atom stereocenters. The van der Waals surface area contributed by atoms with E-state index in [0.29, 0.717) is 6.07 Å². The molecule has 0 aliphatic rings. The van der Waals surface area contributed by atoms with Gasteiger partial charge >= 0.3 is 18.9 Å². The highest BCUT2D eigenvalue weighted by atomic mass is 19.4. The van der Waals surface area contributed by atoms with E-state index in [2.05, 4.69) is 14.2 Å². The zero-order valence-corrected chi connectivity index (χ0v) is 10.2. The van der Waals surface area contributed by atoms with Crippen LogP contribution in [-0.4, -0.2) is 26.1 Å². The first kappa shape index (κ1) is 16.5. The molecular weight excluding hydrogens is 305 g/mol. The number of hydrogen-bond donors (Lipinski definition) is 0. The zero-order valence-electron chi connectivity index (χ0n) is 10.2. The number of nitriles is 1. The number of hydrogen-bond acceptors (Lipinski definition) is 5. The van der Waals surface area contributed by atoms with Crippen LogP contribution in [0.25, 0.3) is 0 Å². The minimum Gasteiger partial charge on any atom is -0.465 e. The summed E-state index contributed by atoms with van der Waals surface area (Å²) in [6, 6.07) is 2.64. The molecule has 5 nitrogen and oxygen atoms in total. The first-order chi connectivity index (χ1) is 9.69. The third-order valence-electron chi connectivity index (χ3n) is 2.07. The van der Waals surface area contributed by atoms with Crippen molar-refractivity contribution in [2.24, 2.45) is 0 Å². The van der Waals surface area contributed by atoms with Gasteiger partial charge in [-0.1, -0.05) is 0 Å². The number of rotatable bonds is 4. The second-order valence-corrected chi connectivity index (χ2v) is 3.35. The predicted molar refractivity (Wildman–Crippen MR) is 55.8 cm³/mol. The van der Waals surface area contributed by atoms with E-state index in [0.717, 1.165) is 13.2 Å². The summed E-state index contributed by atoms with van der Waals surface area (Å²) in [5.74, 6) is -3.48. The van der Waals surface area contributed by atoms with Crippen molar-refractivity contribution in [2.45, 2.75) is 13.0 Å². The summed E-state index contributed by atoms with van der Waals surface area (Å²) < 4.78 is 72.7. The van der Waals surface area contributed by atoms with Crippen LogP contribution in [0.2, 0.25) is 0 Å². The molecule has 0 bridgehead atoms. The molecule has 0 aliphatic carbocycles. The quantitative estimate of drug-likeness (QED) is 0.632. The first-order valence-electron chi connectivity index (χ1n) is 5.05. The monoisotopic (exact) mass is 311 g/mol. The molecule has 1 aromatic carbocycles. The standard InChI is InChI=1S/C11H6F5NO4/c1-19-9(18)5-2-3-7(21-11(14,15)16)8(6(5)4-17)20-10(12)13/h2-3,10H,1H3. The number of carbonyl (C=O) groups is 1. The van der Waals surface area contributed by atoms with Gasteiger partial charge in [-0.3, -0.25) is 0 Å². The van der Waals surface area contributed by atoms with Crippen LogP contribution in [0.15, 0.2) is 12.1 Å². The van der Waals surface area contributed by atoms with Gasteiger partial charge in [-0.2, -0.15) is 14.0 Å². The molecule has 0 fully saturated rings. The average molecular weight is 311 g/mol. The van der Waals surface area contributed by atoms with Crippen molar-refractivity contribution < 1.29 is 41.0 Å². The molecule has 1 aromatic rings. The van der Waals surface area contributed by atoms with Crippen LogP contribution in [0.4, 0.5) is 22.0 Å². The fourth-order valence-corrected chi connectivity index (χ4v) is 1.37. The summed E-state index contributed by atoms with van der Waals surface area (Å²) in [5.41, 5.74) is -1.39. The number of alkyl halides is 5. The first-order valence-corrected chi connectivity index (χ1v) is 5.05. The van der Waals surface area contributed by atoms with Crippen LogP contribution < -0.4 is 9.47 Å². The van der Waals surface area contributed by atoms with Gasteiger partial charge in [0, 0.05) is 0 Å². The summed E-state index contributed by atoms with van der Waals surface area (Å²) in [4.78, 5) is 11.3. The molecule has 1 rings (SSSR count). The van der Waals surface area contributed by atoms with Crippen LogP contribution >= 0.6 is 0 Å². The predicted octanol–water partition coefficient (Wildman–Crippen LogP) is 2.84. The maximum Gasteiger partial charge on any atom is 0.573 e. The molecule has 0 saturated heterocycles. The van der Waals surface area contributed by atoms with Gasteiger partial charge in [0.05, 0.1) is 12.7 Å². The fraction of sp³-hybridized carbons (Fsp3) is 0.273. The van der Waals surface area contributed by atoms with Gasteiger partial charge in [0.15, 0.2) is 11.5 Å². The van der Waals surface area contributed by atoms with Gasteiger partial charge < -0.3 is 14.2 Å². The maximum atomic E-state index is 12.3. The van der Waals surface area contributed by atoms with Crippen LogP contribution in [0.5, 0.6) is 11.5 Å². The molecule has 0 aromatic heterocycles. The number of carbonyl (C=O) groups excluding carboxylic acids is 1. The number of methoxy groups -OCH3 is 1. The number of ether oxygens (including phenoxy) is 3. The van der Waals surface area contributed by atoms with E-state index in [1.165, 1.54) is 6.07 Å². The van der Waals surface area contributed by atoms with E-state index in [1.807, 2.05) is 0 Å². The Bertz CT molecular complexity index is 579. The lowest BCUT2D eigenvalue weighted by molar-refractivity contribution is -0.275. The minimum absolute atomic E-state index is 0.537. The molecule has 114 valence electrons. The lowest BCUT2D eigenvalue weighted by atomic mass is 10.1. The van der Waals surface area contributed by atoms with E-state index in [9.17, 15) is 26.7 Å². The highest BCUT2D eigenvalue weighted by molar-refractivity contribution is 5.93. The average Bonchev–Trinajstić information content (AvgIpc) is 2.37. The summed E-state index contributed by atoms with van der Waals surface area (Å²) in [6.07, 6.45) is -5.19. The number of esters is 1. The molecule has 0 N–H and O–H groups in total. The molecule has 21 heavy (non-hydrogen) atoms. The molecule has 0 heterocycles. The molecule has 0 aliphatic heterocycles. The van der Waals surface area contributed by atoms with Crippen molar-refractivity contribution in [1.29, 1.82) is 5.26 Å². The SMILES string of the molecule is COC(=O)c1ccc(OC(F)(F)F)c(OC(F)F)c1C#N. The number of benzene rings is 1. The molecule has 0 unspecified atom stereocenters. The zero-order chi connectivity index (χ0) is 16.2. The van der Waals surface area contributed by atoms with Gasteiger partial charge in [-0.05, 0) is 12.1 Å². The normalized spacial score (nSPS) is 11.0. The van der Waals surface area contributed by atoms with Crippen molar-refractivity contribution >= 4 is 5.97 Å². The molecule has 0 spiro atoms. The highest BCUT2D eigenvalue weighted by Crippen LogP contribution is 2.37. The Balaban J connectivity index is 3.47. The van der Waals surface area contributed by atoms with Crippen LogP contribution in [0.3, 0.4) is 0 Å². The topological polar surface area (TPSA) is 68.6 Å². The largest absolute Gasteiger partial charge is 0.573 e. The smallest absolute Gasteiger partial charge is 0.465 e. The second-order valence-electron chi connectivity index (χ2n) is 3.35. The Kier molecular flexibility index (Phi) is 4.91. The molecule has 0 radical (unpaired) electrons. The summed E-state index contributed by atoms with van der Waals surface area (Å²) >= 11 is 0. The van der Waals surface area contributed by atoms with E-state index in [4.69, 9.17) is 5.26 Å². The van der Waals surface area contributed by atoms with Gasteiger partial charge in [0.2, 0.25) is 0 Å². The van der Waals surface area contributed by atoms with Gasteiger partial charge in [0.25, 0.3) is 0 Å². The highest BCUT2D eigenvalue weighted by Gasteiger charge is 2.34. The van der Waals surface area contributed by atoms with Crippen molar-refractivity contribution in [3.05, 3.63) is 23.3 Å². The fourth-order valence-electron chi connectivity index (χ4n) is 1.37. The van der Waals surface area contributed by atoms with Gasteiger partial charge in [0.1, 0.15) is 11.6 Å². The Hall–Kier alpha value is -2.57. The molecule has 10 heteroatoms. The third-order valence-corrected chi connectivity index (χ3v) is 2.07. The van der Waals surface area contributed by atoms with Crippen molar-refractivity contribution in [1.82, 2.24) is 0 Å². The molecular formula is C11H6F5NO4. The minimum atomic E-state index is -5.19. The van der Waals surface area contributed by atoms with Gasteiger partial charge in [-0.15, -0.1) is 13.2 Å². The van der Waals surface area contributed by atoms with Crippen LogP contribution in [-0.2, 0) is 4.74 Å². The lowest BCUT2D eigenvalue weighted by Crippen LogP contribution is -2.19.